The summed E-state index contributed by atoms with van der Waals surface area (Å²) < 4.78 is 5.56. The highest BCUT2D eigenvalue weighted by molar-refractivity contribution is 6.37. The average Bonchev–Trinajstić information content (AvgIpc) is 2.63. The van der Waals surface area contributed by atoms with E-state index >= 15 is 0 Å². The molecule has 1 aromatic rings. The van der Waals surface area contributed by atoms with Gasteiger partial charge in [0.2, 0.25) is 0 Å². The highest BCUT2D eigenvalue weighted by Gasteiger charge is 2.37. The molecule has 0 bridgehead atoms. The van der Waals surface area contributed by atoms with Crippen molar-refractivity contribution in [1.82, 2.24) is 4.98 Å². The Morgan fingerprint density at radius 3 is 2.67 bits per heavy atom. The fourth-order valence-corrected chi connectivity index (χ4v) is 2.39. The van der Waals surface area contributed by atoms with Crippen LogP contribution in [0, 0.1) is 0 Å². The van der Waals surface area contributed by atoms with Gasteiger partial charge in [0.15, 0.2) is 5.82 Å². The van der Waals surface area contributed by atoms with Gasteiger partial charge in [-0.2, -0.15) is 0 Å². The number of hydrogen-bond donors (Lipinski definition) is 3. The van der Waals surface area contributed by atoms with Gasteiger partial charge in [0.25, 0.3) is 0 Å². The first-order valence-electron chi connectivity index (χ1n) is 5.69. The molecule has 7 heteroatoms. The van der Waals surface area contributed by atoms with Crippen LogP contribution in [0.25, 0.3) is 0 Å². The number of pyridine rings is 1. The molecule has 0 aromatic carbocycles. The van der Waals surface area contributed by atoms with Crippen LogP contribution < -0.4 is 16.6 Å². The number of hydrazine groups is 1. The number of rotatable bonds is 3. The van der Waals surface area contributed by atoms with E-state index in [0.29, 0.717) is 21.7 Å². The number of ether oxygens (including phenoxy) is 1. The number of anilines is 2. The maximum atomic E-state index is 6.13. The van der Waals surface area contributed by atoms with Gasteiger partial charge in [-0.3, -0.25) is 0 Å². The standard InChI is InChI=1S/C11H16Cl2N4O/c1-6-11(2,3-4-18-6)16-9-7(12)5-8(13)10(15-9)17-14/h5-6H,3-4,14H2,1-2H3,(H2,15,16,17). The number of nitrogen functional groups attached to an aromatic ring is 1. The summed E-state index contributed by atoms with van der Waals surface area (Å²) in [6.45, 7) is 4.82. The van der Waals surface area contributed by atoms with Gasteiger partial charge >= 0.3 is 0 Å². The van der Waals surface area contributed by atoms with Crippen LogP contribution in [0.3, 0.4) is 0 Å². The Hall–Kier alpha value is -0.750. The quantitative estimate of drug-likeness (QED) is 0.590. The molecule has 2 atom stereocenters. The van der Waals surface area contributed by atoms with Gasteiger partial charge in [0.05, 0.1) is 21.7 Å². The first-order chi connectivity index (χ1) is 8.46. The molecule has 1 aromatic heterocycles. The minimum Gasteiger partial charge on any atom is -0.376 e. The Bertz CT molecular complexity index is 457. The second-order valence-electron chi connectivity index (χ2n) is 4.60. The number of hydrogen-bond acceptors (Lipinski definition) is 5. The van der Waals surface area contributed by atoms with Crippen molar-refractivity contribution in [3.63, 3.8) is 0 Å². The molecule has 4 N–H and O–H groups in total. The minimum atomic E-state index is -0.198. The Labute approximate surface area is 116 Å². The van der Waals surface area contributed by atoms with Gasteiger partial charge in [0, 0.05) is 6.61 Å². The molecule has 1 aliphatic heterocycles. The lowest BCUT2D eigenvalue weighted by Crippen LogP contribution is -2.41. The fraction of sp³-hybridized carbons (Fsp3) is 0.545. The molecular formula is C11H16Cl2N4O. The SMILES string of the molecule is CC1OCCC1(C)Nc1nc(NN)c(Cl)cc1Cl. The Kier molecular flexibility index (Phi) is 3.87. The normalized spacial score (nSPS) is 27.3. The molecule has 2 rings (SSSR count). The summed E-state index contributed by atoms with van der Waals surface area (Å²) in [5.74, 6) is 6.28. The van der Waals surface area contributed by atoms with E-state index in [0.717, 1.165) is 13.0 Å². The lowest BCUT2D eigenvalue weighted by Gasteiger charge is -2.30. The minimum absolute atomic E-state index is 0.0836. The van der Waals surface area contributed by atoms with Gasteiger partial charge in [-0.05, 0) is 26.3 Å². The van der Waals surface area contributed by atoms with Crippen LogP contribution in [-0.2, 0) is 4.74 Å². The van der Waals surface area contributed by atoms with Crippen LogP contribution in [0.15, 0.2) is 6.07 Å². The highest BCUT2D eigenvalue weighted by atomic mass is 35.5. The molecule has 18 heavy (non-hydrogen) atoms. The van der Waals surface area contributed by atoms with Gasteiger partial charge in [-0.1, -0.05) is 23.2 Å². The summed E-state index contributed by atoms with van der Waals surface area (Å²) in [6, 6.07) is 1.61. The molecule has 1 fully saturated rings. The van der Waals surface area contributed by atoms with Crippen LogP contribution in [0.5, 0.6) is 0 Å². The third kappa shape index (κ3) is 2.49. The maximum absolute atomic E-state index is 6.13. The second kappa shape index (κ2) is 5.09. The van der Waals surface area contributed by atoms with E-state index in [2.05, 4.69) is 22.7 Å². The van der Waals surface area contributed by atoms with Crippen LogP contribution in [0.4, 0.5) is 11.6 Å². The number of nitrogens with two attached hydrogens (primary N) is 1. The van der Waals surface area contributed by atoms with Crippen LogP contribution in [0.1, 0.15) is 20.3 Å². The molecule has 5 nitrogen and oxygen atoms in total. The lowest BCUT2D eigenvalue weighted by atomic mass is 9.95. The van der Waals surface area contributed by atoms with Gasteiger partial charge in [-0.15, -0.1) is 0 Å². The molecule has 0 amide bonds. The first-order valence-corrected chi connectivity index (χ1v) is 6.44. The van der Waals surface area contributed by atoms with Crippen molar-refractivity contribution in [3.8, 4) is 0 Å². The van der Waals surface area contributed by atoms with Crippen LogP contribution in [0.2, 0.25) is 10.0 Å². The van der Waals surface area contributed by atoms with Crippen molar-refractivity contribution >= 4 is 34.8 Å². The summed E-state index contributed by atoms with van der Waals surface area (Å²) in [4.78, 5) is 4.27. The number of nitrogens with zero attached hydrogens (tertiary/aromatic N) is 1. The fourth-order valence-electron chi connectivity index (χ4n) is 1.92. The van der Waals surface area contributed by atoms with Crippen LogP contribution in [-0.4, -0.2) is 23.2 Å². The maximum Gasteiger partial charge on any atom is 0.161 e. The van der Waals surface area contributed by atoms with E-state index in [4.69, 9.17) is 33.8 Å². The first kappa shape index (κ1) is 13.7. The third-order valence-electron chi connectivity index (χ3n) is 3.36. The number of nitrogens with one attached hydrogen (secondary N) is 2. The zero-order chi connectivity index (χ0) is 13.3. The predicted octanol–water partition coefficient (Wildman–Crippen LogP) is 2.65. The Balaban J connectivity index is 2.29. The lowest BCUT2D eigenvalue weighted by molar-refractivity contribution is 0.105. The molecule has 0 spiro atoms. The van der Waals surface area contributed by atoms with Gasteiger partial charge < -0.3 is 15.5 Å². The highest BCUT2D eigenvalue weighted by Crippen LogP contribution is 2.34. The van der Waals surface area contributed by atoms with E-state index in [9.17, 15) is 0 Å². The van der Waals surface area contributed by atoms with E-state index < -0.39 is 0 Å². The Morgan fingerprint density at radius 2 is 2.11 bits per heavy atom. The second-order valence-corrected chi connectivity index (χ2v) is 5.41. The van der Waals surface area contributed by atoms with Crippen molar-refractivity contribution in [1.29, 1.82) is 0 Å². The molecule has 1 aliphatic rings. The molecule has 2 heterocycles. The van der Waals surface area contributed by atoms with E-state index in [1.807, 2.05) is 6.92 Å². The number of halogens is 2. The molecule has 0 saturated carbocycles. The van der Waals surface area contributed by atoms with Crippen molar-refractivity contribution < 1.29 is 4.74 Å². The monoisotopic (exact) mass is 290 g/mol. The van der Waals surface area contributed by atoms with E-state index in [1.165, 1.54) is 0 Å². The molecular weight excluding hydrogens is 275 g/mol. The zero-order valence-corrected chi connectivity index (χ0v) is 11.8. The van der Waals surface area contributed by atoms with Crippen molar-refractivity contribution in [2.75, 3.05) is 17.3 Å². The van der Waals surface area contributed by atoms with Crippen molar-refractivity contribution in [2.24, 2.45) is 5.84 Å². The van der Waals surface area contributed by atoms with Crippen molar-refractivity contribution in [2.45, 2.75) is 31.9 Å². The Morgan fingerprint density at radius 1 is 1.44 bits per heavy atom. The predicted molar refractivity (Wildman–Crippen MR) is 74.1 cm³/mol. The van der Waals surface area contributed by atoms with E-state index in [-0.39, 0.29) is 11.6 Å². The summed E-state index contributed by atoms with van der Waals surface area (Å²) >= 11 is 12.1. The smallest absolute Gasteiger partial charge is 0.161 e. The summed E-state index contributed by atoms with van der Waals surface area (Å²) in [5.41, 5.74) is 2.24. The van der Waals surface area contributed by atoms with Crippen LogP contribution >= 0.6 is 23.2 Å². The average molecular weight is 291 g/mol. The molecule has 100 valence electrons. The third-order valence-corrected chi connectivity index (χ3v) is 3.93. The summed E-state index contributed by atoms with van der Waals surface area (Å²) in [6.07, 6.45) is 0.973. The van der Waals surface area contributed by atoms with Gasteiger partial charge in [0.1, 0.15) is 5.82 Å². The topological polar surface area (TPSA) is 72.2 Å². The summed E-state index contributed by atoms with van der Waals surface area (Å²) in [5, 5.41) is 4.16. The summed E-state index contributed by atoms with van der Waals surface area (Å²) in [7, 11) is 0. The number of aromatic nitrogens is 1. The molecule has 2 unspecified atom stereocenters. The molecule has 0 aliphatic carbocycles. The zero-order valence-electron chi connectivity index (χ0n) is 10.3. The molecule has 1 saturated heterocycles. The largest absolute Gasteiger partial charge is 0.376 e. The van der Waals surface area contributed by atoms with Gasteiger partial charge in [-0.25, -0.2) is 10.8 Å². The molecule has 0 radical (unpaired) electrons. The van der Waals surface area contributed by atoms with E-state index in [1.54, 1.807) is 6.07 Å². The van der Waals surface area contributed by atoms with Crippen molar-refractivity contribution in [3.05, 3.63) is 16.1 Å².